The highest BCUT2D eigenvalue weighted by molar-refractivity contribution is 7.92. The third-order valence-corrected chi connectivity index (χ3v) is 7.10. The van der Waals surface area contributed by atoms with E-state index in [2.05, 4.69) is 15.6 Å². The first-order chi connectivity index (χ1) is 11.4. The van der Waals surface area contributed by atoms with Crippen LogP contribution in [0.15, 0.2) is 35.7 Å². The third kappa shape index (κ3) is 3.22. The van der Waals surface area contributed by atoms with Gasteiger partial charge in [0.1, 0.15) is 0 Å². The van der Waals surface area contributed by atoms with Gasteiger partial charge in [-0.2, -0.15) is 0 Å². The van der Waals surface area contributed by atoms with E-state index in [0.717, 1.165) is 17.5 Å². The number of amides is 1. The molecule has 0 spiro atoms. The number of aromatic nitrogens is 1. The molecule has 0 unspecified atom stereocenters. The number of carbonyl (C=O) groups is 1. The fourth-order valence-corrected chi connectivity index (χ4v) is 4.93. The van der Waals surface area contributed by atoms with Crippen molar-refractivity contribution in [3.63, 3.8) is 0 Å². The second-order valence-electron chi connectivity index (χ2n) is 5.87. The predicted octanol–water partition coefficient (Wildman–Crippen LogP) is 1.92. The molecule has 2 heterocycles. The summed E-state index contributed by atoms with van der Waals surface area (Å²) in [5.74, 6) is -0.486. The maximum absolute atomic E-state index is 12.7. The first kappa shape index (κ1) is 17.1. The van der Waals surface area contributed by atoms with Crippen LogP contribution in [0.2, 0.25) is 0 Å². The van der Waals surface area contributed by atoms with Crippen molar-refractivity contribution in [3.05, 3.63) is 35.7 Å². The van der Waals surface area contributed by atoms with Gasteiger partial charge in [0.15, 0.2) is 19.7 Å². The lowest BCUT2D eigenvalue weighted by molar-refractivity contribution is -0.119. The lowest BCUT2D eigenvalue weighted by atomic mass is 9.96. The Morgan fingerprint density at radius 2 is 1.92 bits per heavy atom. The number of benzene rings is 1. The summed E-state index contributed by atoms with van der Waals surface area (Å²) in [5, 5.41) is 8.07. The van der Waals surface area contributed by atoms with Gasteiger partial charge < -0.3 is 10.6 Å². The number of anilines is 1. The lowest BCUT2D eigenvalue weighted by Crippen LogP contribution is -2.55. The first-order valence-electron chi connectivity index (χ1n) is 7.65. The van der Waals surface area contributed by atoms with Crippen molar-refractivity contribution in [1.82, 2.24) is 10.3 Å². The van der Waals surface area contributed by atoms with E-state index in [-0.39, 0.29) is 12.8 Å². The number of nitrogens with one attached hydrogen (secondary N) is 2. The predicted molar refractivity (Wildman–Crippen MR) is 95.9 cm³/mol. The minimum absolute atomic E-state index is 0.272. The Morgan fingerprint density at radius 1 is 1.25 bits per heavy atom. The van der Waals surface area contributed by atoms with Crippen molar-refractivity contribution in [2.45, 2.75) is 17.6 Å². The summed E-state index contributed by atoms with van der Waals surface area (Å²) in [7, 11) is -3.53. The molecular weight excluding hydrogens is 346 g/mol. The van der Waals surface area contributed by atoms with E-state index < -0.39 is 20.5 Å². The van der Waals surface area contributed by atoms with Crippen LogP contribution in [0.3, 0.4) is 0 Å². The Hall–Kier alpha value is -1.77. The Morgan fingerprint density at radius 3 is 2.54 bits per heavy atom. The summed E-state index contributed by atoms with van der Waals surface area (Å²) in [5.41, 5.74) is 1.71. The highest BCUT2D eigenvalue weighted by atomic mass is 32.2. The number of thiazole rings is 1. The molecule has 1 aromatic heterocycles. The summed E-state index contributed by atoms with van der Waals surface area (Å²) >= 11 is 1.29. The monoisotopic (exact) mass is 365 g/mol. The zero-order valence-electron chi connectivity index (χ0n) is 13.3. The molecule has 1 aliphatic heterocycles. The molecule has 0 atom stereocenters. The minimum atomic E-state index is -3.53. The van der Waals surface area contributed by atoms with E-state index in [9.17, 15) is 13.2 Å². The topological polar surface area (TPSA) is 88.2 Å². The molecule has 1 aliphatic rings. The van der Waals surface area contributed by atoms with Crippen LogP contribution in [0.4, 0.5) is 5.13 Å². The van der Waals surface area contributed by atoms with Gasteiger partial charge in [0.05, 0.1) is 5.69 Å². The van der Waals surface area contributed by atoms with Gasteiger partial charge in [-0.05, 0) is 25.9 Å². The average Bonchev–Trinajstić information content (AvgIpc) is 3.04. The largest absolute Gasteiger partial charge is 0.317 e. The van der Waals surface area contributed by atoms with Crippen molar-refractivity contribution in [3.8, 4) is 11.3 Å². The molecule has 2 aromatic rings. The Kier molecular flexibility index (Phi) is 4.71. The van der Waals surface area contributed by atoms with Gasteiger partial charge in [0.2, 0.25) is 5.91 Å². The van der Waals surface area contributed by atoms with Crippen LogP contribution in [-0.2, 0) is 14.6 Å². The number of piperidine rings is 1. The van der Waals surface area contributed by atoms with Gasteiger partial charge in [0, 0.05) is 17.2 Å². The van der Waals surface area contributed by atoms with Crippen LogP contribution in [0, 0.1) is 0 Å². The molecule has 3 rings (SSSR count). The van der Waals surface area contributed by atoms with Crippen LogP contribution >= 0.6 is 11.3 Å². The van der Waals surface area contributed by atoms with Crippen molar-refractivity contribution in [2.24, 2.45) is 0 Å². The molecule has 0 aliphatic carbocycles. The number of rotatable bonds is 4. The molecule has 128 valence electrons. The zero-order chi connectivity index (χ0) is 17.2. The lowest BCUT2D eigenvalue weighted by Gasteiger charge is -2.33. The van der Waals surface area contributed by atoms with E-state index in [1.54, 1.807) is 0 Å². The first-order valence-corrected chi connectivity index (χ1v) is 10.4. The normalized spacial score (nSPS) is 17.4. The molecule has 8 heteroatoms. The Labute approximate surface area is 145 Å². The molecule has 1 fully saturated rings. The summed E-state index contributed by atoms with van der Waals surface area (Å²) in [6, 6.07) is 9.63. The highest BCUT2D eigenvalue weighted by Gasteiger charge is 2.48. The number of hydrogen-bond acceptors (Lipinski definition) is 6. The van der Waals surface area contributed by atoms with Crippen molar-refractivity contribution >= 4 is 32.2 Å². The van der Waals surface area contributed by atoms with E-state index >= 15 is 0 Å². The second-order valence-corrected chi connectivity index (χ2v) is 9.06. The van der Waals surface area contributed by atoms with E-state index in [4.69, 9.17) is 0 Å². The van der Waals surface area contributed by atoms with Crippen LogP contribution in [0.5, 0.6) is 0 Å². The van der Waals surface area contributed by atoms with Crippen molar-refractivity contribution < 1.29 is 13.2 Å². The molecule has 2 N–H and O–H groups in total. The minimum Gasteiger partial charge on any atom is -0.317 e. The molecular formula is C16H19N3O3S2. The summed E-state index contributed by atoms with van der Waals surface area (Å²) in [6.45, 7) is 1.02. The van der Waals surface area contributed by atoms with Crippen LogP contribution in [-0.4, -0.2) is 43.4 Å². The quantitative estimate of drug-likeness (QED) is 0.864. The molecule has 6 nitrogen and oxygen atoms in total. The maximum Gasteiger partial charge on any atom is 0.247 e. The smallest absolute Gasteiger partial charge is 0.247 e. The third-order valence-electron chi connectivity index (χ3n) is 4.33. The average molecular weight is 365 g/mol. The number of hydrogen-bond donors (Lipinski definition) is 2. The molecule has 0 saturated carbocycles. The number of carbonyl (C=O) groups excluding carboxylic acids is 1. The van der Waals surface area contributed by atoms with Crippen LogP contribution in [0.25, 0.3) is 11.3 Å². The van der Waals surface area contributed by atoms with Crippen molar-refractivity contribution in [1.29, 1.82) is 0 Å². The highest BCUT2D eigenvalue weighted by Crippen LogP contribution is 2.31. The summed E-state index contributed by atoms with van der Waals surface area (Å²) in [4.78, 5) is 17.1. The van der Waals surface area contributed by atoms with Gasteiger partial charge in [-0.1, -0.05) is 30.3 Å². The maximum atomic E-state index is 12.7. The molecule has 1 saturated heterocycles. The molecule has 0 bridgehead atoms. The SMILES string of the molecule is CS(=O)(=O)C1(C(=O)Nc2nc(-c3ccccc3)cs2)CCNCC1. The fraction of sp³-hybridized carbons (Fsp3) is 0.375. The van der Waals surface area contributed by atoms with Crippen molar-refractivity contribution in [2.75, 3.05) is 24.7 Å². The Balaban J connectivity index is 1.83. The molecule has 24 heavy (non-hydrogen) atoms. The van der Waals surface area contributed by atoms with Gasteiger partial charge >= 0.3 is 0 Å². The van der Waals surface area contributed by atoms with E-state index in [1.807, 2.05) is 35.7 Å². The van der Waals surface area contributed by atoms with E-state index in [1.165, 1.54) is 11.3 Å². The van der Waals surface area contributed by atoms with Gasteiger partial charge in [-0.15, -0.1) is 11.3 Å². The summed E-state index contributed by atoms with van der Waals surface area (Å²) < 4.78 is 23.1. The Bertz CT molecular complexity index is 825. The second kappa shape index (κ2) is 6.62. The fourth-order valence-electron chi connectivity index (χ4n) is 2.88. The van der Waals surface area contributed by atoms with E-state index in [0.29, 0.717) is 18.2 Å². The zero-order valence-corrected chi connectivity index (χ0v) is 14.9. The van der Waals surface area contributed by atoms with Crippen LogP contribution in [0.1, 0.15) is 12.8 Å². The standard InChI is InChI=1S/C16H19N3O3S2/c1-24(21,22)16(7-9-17-10-8-16)14(20)19-15-18-13(11-23-15)12-5-3-2-4-6-12/h2-6,11,17H,7-10H2,1H3,(H,18,19,20). The summed E-state index contributed by atoms with van der Waals surface area (Å²) in [6.07, 6.45) is 1.68. The van der Waals surface area contributed by atoms with Gasteiger partial charge in [-0.3, -0.25) is 4.79 Å². The molecule has 1 amide bonds. The number of sulfone groups is 1. The molecule has 1 aromatic carbocycles. The number of nitrogens with zero attached hydrogens (tertiary/aromatic N) is 1. The van der Waals surface area contributed by atoms with Gasteiger partial charge in [0.25, 0.3) is 0 Å². The molecule has 0 radical (unpaired) electrons. The van der Waals surface area contributed by atoms with Gasteiger partial charge in [-0.25, -0.2) is 13.4 Å². The van der Waals surface area contributed by atoms with Crippen LogP contribution < -0.4 is 10.6 Å².